The summed E-state index contributed by atoms with van der Waals surface area (Å²) in [5, 5.41) is 0. The third kappa shape index (κ3) is 0.985. The van der Waals surface area contributed by atoms with E-state index in [9.17, 15) is 9.59 Å². The smallest absolute Gasteiger partial charge is 0.226 e. The third-order valence-corrected chi connectivity index (χ3v) is 3.32. The number of rotatable bonds is 2. The lowest BCUT2D eigenvalue weighted by atomic mass is 10.2. The van der Waals surface area contributed by atoms with E-state index in [1.165, 1.54) is 0 Å². The molecular weight excluding hydrogens is 212 g/mol. The van der Waals surface area contributed by atoms with E-state index in [4.69, 9.17) is 9.47 Å². The molecule has 4 aliphatic rings. The normalized spacial score (nSPS) is 38.9. The predicted molar refractivity (Wildman–Crippen MR) is 51.6 cm³/mol. The van der Waals surface area contributed by atoms with Crippen molar-refractivity contribution in [2.24, 2.45) is 0 Å². The maximum absolute atomic E-state index is 11.6. The molecule has 4 unspecified atom stereocenters. The minimum Gasteiger partial charge on any atom is -0.325 e. The van der Waals surface area contributed by atoms with Crippen LogP contribution in [0.15, 0.2) is 0 Å². The van der Waals surface area contributed by atoms with Gasteiger partial charge in [0, 0.05) is 12.8 Å². The summed E-state index contributed by atoms with van der Waals surface area (Å²) in [4.78, 5) is 26.5. The Bertz CT molecular complexity index is 309. The van der Waals surface area contributed by atoms with Gasteiger partial charge in [0.2, 0.25) is 11.8 Å². The highest BCUT2D eigenvalue weighted by atomic mass is 16.7. The van der Waals surface area contributed by atoms with Gasteiger partial charge < -0.3 is 9.47 Å². The number of hydrogen-bond acceptors (Lipinski definition) is 4. The van der Waals surface area contributed by atoms with Crippen molar-refractivity contribution in [1.82, 2.24) is 9.80 Å². The number of amides is 2. The molecule has 6 nitrogen and oxygen atoms in total. The lowest BCUT2D eigenvalue weighted by Crippen LogP contribution is -2.50. The third-order valence-electron chi connectivity index (χ3n) is 3.32. The first kappa shape index (κ1) is 10.0. The van der Waals surface area contributed by atoms with Crippen LogP contribution in [0.4, 0.5) is 0 Å². The van der Waals surface area contributed by atoms with E-state index in [-0.39, 0.29) is 11.8 Å². The van der Waals surface area contributed by atoms with E-state index in [0.717, 1.165) is 0 Å². The average Bonchev–Trinajstić information content (AvgIpc) is 2.99. The second kappa shape index (κ2) is 3.18. The molecule has 4 heterocycles. The summed E-state index contributed by atoms with van der Waals surface area (Å²) in [6, 6.07) is 0. The number of carbonyl (C=O) groups excluding carboxylic acids is 2. The molecule has 6 heteroatoms. The minimum absolute atomic E-state index is 0.0172. The lowest BCUT2D eigenvalue weighted by Gasteiger charge is -2.26. The zero-order valence-electron chi connectivity index (χ0n) is 9.25. The first-order chi connectivity index (χ1) is 7.69. The van der Waals surface area contributed by atoms with E-state index in [2.05, 4.69) is 0 Å². The van der Waals surface area contributed by atoms with Crippen molar-refractivity contribution in [3.05, 3.63) is 0 Å². The molecule has 0 aliphatic carbocycles. The maximum atomic E-state index is 11.6. The highest BCUT2D eigenvalue weighted by molar-refractivity contribution is 5.80. The molecule has 4 fully saturated rings. The van der Waals surface area contributed by atoms with Gasteiger partial charge in [-0.2, -0.15) is 0 Å². The topological polar surface area (TPSA) is 59.1 Å². The second-order valence-electron chi connectivity index (χ2n) is 4.14. The van der Waals surface area contributed by atoms with Gasteiger partial charge in [0.25, 0.3) is 0 Å². The molecule has 0 spiro atoms. The Balaban J connectivity index is 1.82. The zero-order chi connectivity index (χ0) is 11.4. The van der Waals surface area contributed by atoms with Gasteiger partial charge in [-0.15, -0.1) is 0 Å². The van der Waals surface area contributed by atoms with Crippen LogP contribution in [0.2, 0.25) is 0 Å². The van der Waals surface area contributed by atoms with Crippen LogP contribution in [-0.2, 0) is 19.1 Å². The van der Waals surface area contributed by atoms with Crippen molar-refractivity contribution >= 4 is 11.8 Å². The van der Waals surface area contributed by atoms with E-state index in [0.29, 0.717) is 12.8 Å². The molecule has 4 saturated heterocycles. The van der Waals surface area contributed by atoms with E-state index in [1.54, 1.807) is 23.6 Å². The Kier molecular flexibility index (Phi) is 1.99. The van der Waals surface area contributed by atoms with Crippen molar-refractivity contribution in [3.63, 3.8) is 0 Å². The molecule has 0 saturated carbocycles. The highest BCUT2D eigenvalue weighted by Gasteiger charge is 2.68. The summed E-state index contributed by atoms with van der Waals surface area (Å²) in [6.07, 6.45) is -0.700. The highest BCUT2D eigenvalue weighted by Crippen LogP contribution is 2.47. The standard InChI is InChI=1S/C10H14N2O4/c1-3-5(13)11-7-9-12(6(14)4-2)10(15-7)8(11)16-9/h7-10H,3-4H2,1-2H3. The SMILES string of the molecule is CCC(=O)N1C2OC3C1OC2N3C(=O)CC. The van der Waals surface area contributed by atoms with E-state index in [1.807, 2.05) is 0 Å². The van der Waals surface area contributed by atoms with Gasteiger partial charge in [-0.3, -0.25) is 19.4 Å². The minimum atomic E-state index is -0.391. The molecule has 0 N–H and O–H groups in total. The lowest BCUT2D eigenvalue weighted by molar-refractivity contribution is -0.139. The van der Waals surface area contributed by atoms with Crippen molar-refractivity contribution < 1.29 is 19.1 Å². The van der Waals surface area contributed by atoms with Crippen LogP contribution >= 0.6 is 0 Å². The number of carbonyl (C=O) groups is 2. The number of hydrogen-bond donors (Lipinski definition) is 0. The van der Waals surface area contributed by atoms with Gasteiger partial charge in [0.05, 0.1) is 0 Å². The number of piperazine rings is 1. The maximum Gasteiger partial charge on any atom is 0.226 e. The molecule has 0 radical (unpaired) electrons. The molecule has 0 aromatic rings. The van der Waals surface area contributed by atoms with Gasteiger partial charge in [0.1, 0.15) is 0 Å². The van der Waals surface area contributed by atoms with E-state index >= 15 is 0 Å². The fourth-order valence-electron chi connectivity index (χ4n) is 2.59. The molecule has 16 heavy (non-hydrogen) atoms. The summed E-state index contributed by atoms with van der Waals surface area (Å²) in [5.74, 6) is 0.0344. The molecule has 4 rings (SSSR count). The number of nitrogens with zero attached hydrogens (tertiary/aromatic N) is 2. The van der Waals surface area contributed by atoms with Crippen LogP contribution in [0.25, 0.3) is 0 Å². The first-order valence-corrected chi connectivity index (χ1v) is 5.62. The Hall–Kier alpha value is -1.14. The largest absolute Gasteiger partial charge is 0.325 e. The quantitative estimate of drug-likeness (QED) is 0.656. The Morgan fingerprint density at radius 3 is 1.44 bits per heavy atom. The van der Waals surface area contributed by atoms with Crippen LogP contribution in [0.1, 0.15) is 26.7 Å². The van der Waals surface area contributed by atoms with Crippen molar-refractivity contribution in [2.75, 3.05) is 0 Å². The fourth-order valence-corrected chi connectivity index (χ4v) is 2.59. The Labute approximate surface area is 93.1 Å². The molecule has 2 amide bonds. The van der Waals surface area contributed by atoms with Crippen molar-refractivity contribution in [3.8, 4) is 0 Å². The number of ether oxygens (including phenoxy) is 2. The molecule has 0 aromatic heterocycles. The van der Waals surface area contributed by atoms with E-state index < -0.39 is 24.9 Å². The van der Waals surface area contributed by atoms with Gasteiger partial charge in [-0.25, -0.2) is 0 Å². The van der Waals surface area contributed by atoms with Crippen LogP contribution in [0.5, 0.6) is 0 Å². The van der Waals surface area contributed by atoms with Crippen LogP contribution in [-0.4, -0.2) is 46.5 Å². The molecule has 0 aromatic carbocycles. The van der Waals surface area contributed by atoms with Crippen molar-refractivity contribution in [2.45, 2.75) is 51.6 Å². The molecule has 4 bridgehead atoms. The zero-order valence-corrected chi connectivity index (χ0v) is 9.25. The van der Waals surface area contributed by atoms with Crippen LogP contribution < -0.4 is 0 Å². The molecule has 4 aliphatic heterocycles. The summed E-state index contributed by atoms with van der Waals surface area (Å²) < 4.78 is 11.2. The van der Waals surface area contributed by atoms with Gasteiger partial charge in [-0.05, 0) is 0 Å². The predicted octanol–water partition coefficient (Wildman–Crippen LogP) is -0.158. The van der Waals surface area contributed by atoms with Crippen molar-refractivity contribution in [1.29, 1.82) is 0 Å². The van der Waals surface area contributed by atoms with Crippen LogP contribution in [0, 0.1) is 0 Å². The molecule has 4 atom stereocenters. The van der Waals surface area contributed by atoms with Gasteiger partial charge >= 0.3 is 0 Å². The van der Waals surface area contributed by atoms with Crippen LogP contribution in [0.3, 0.4) is 0 Å². The van der Waals surface area contributed by atoms with Gasteiger partial charge in [0.15, 0.2) is 24.9 Å². The van der Waals surface area contributed by atoms with Gasteiger partial charge in [-0.1, -0.05) is 13.8 Å². The summed E-state index contributed by atoms with van der Waals surface area (Å²) in [7, 11) is 0. The molecular formula is C10H14N2O4. The average molecular weight is 226 g/mol. The fraction of sp³-hybridized carbons (Fsp3) is 0.800. The Morgan fingerprint density at radius 2 is 1.19 bits per heavy atom. The molecule has 88 valence electrons. The first-order valence-electron chi connectivity index (χ1n) is 5.62. The Morgan fingerprint density at radius 1 is 0.875 bits per heavy atom. The summed E-state index contributed by atoms with van der Waals surface area (Å²) in [5.41, 5.74) is 0. The monoisotopic (exact) mass is 226 g/mol. The summed E-state index contributed by atoms with van der Waals surface area (Å²) in [6.45, 7) is 3.61. The summed E-state index contributed by atoms with van der Waals surface area (Å²) >= 11 is 0. The second-order valence-corrected chi connectivity index (χ2v) is 4.14.